The van der Waals surface area contributed by atoms with Crippen molar-refractivity contribution in [2.24, 2.45) is 4.99 Å². The molecule has 1 aliphatic rings. The molecule has 0 saturated carbocycles. The SMILES string of the molecule is CC(C)(C)OC(=O)c1ccc(C2C/C(=N\c3ccccc3)N2c2ccccc2)cc1. The molecule has 3 aromatic carbocycles. The third kappa shape index (κ3) is 4.43. The van der Waals surface area contributed by atoms with Crippen LogP contribution in [0.15, 0.2) is 89.9 Å². The number of amidine groups is 1. The van der Waals surface area contributed by atoms with E-state index in [1.54, 1.807) is 0 Å². The fraction of sp³-hybridized carbons (Fsp3) is 0.231. The van der Waals surface area contributed by atoms with Crippen LogP contribution in [-0.2, 0) is 4.74 Å². The summed E-state index contributed by atoms with van der Waals surface area (Å²) >= 11 is 0. The van der Waals surface area contributed by atoms with Gasteiger partial charge in [0.2, 0.25) is 0 Å². The van der Waals surface area contributed by atoms with Gasteiger partial charge in [0.1, 0.15) is 11.4 Å². The Bertz CT molecular complexity index is 1040. The number of ether oxygens (including phenoxy) is 1. The standard InChI is InChI=1S/C26H26N2O2/c1-26(2,3)30-25(29)20-16-14-19(15-17-20)23-18-24(27-21-10-6-4-7-11-21)28(23)22-12-8-5-9-13-22/h4-17,23H,18H2,1-3H3/b27-24+. The molecule has 1 fully saturated rings. The smallest absolute Gasteiger partial charge is 0.338 e. The van der Waals surface area contributed by atoms with E-state index in [-0.39, 0.29) is 12.0 Å². The Labute approximate surface area is 177 Å². The van der Waals surface area contributed by atoms with Gasteiger partial charge >= 0.3 is 5.97 Å². The van der Waals surface area contributed by atoms with Crippen LogP contribution in [0.4, 0.5) is 11.4 Å². The van der Waals surface area contributed by atoms with Crippen LogP contribution in [0.1, 0.15) is 49.2 Å². The Kier molecular flexibility index (Phi) is 5.40. The van der Waals surface area contributed by atoms with E-state index in [4.69, 9.17) is 9.73 Å². The summed E-state index contributed by atoms with van der Waals surface area (Å²) in [5.74, 6) is 0.738. The molecule has 1 unspecified atom stereocenters. The highest BCUT2D eigenvalue weighted by Crippen LogP contribution is 2.40. The minimum Gasteiger partial charge on any atom is -0.456 e. The highest BCUT2D eigenvalue weighted by atomic mass is 16.6. The van der Waals surface area contributed by atoms with Crippen LogP contribution < -0.4 is 4.90 Å². The van der Waals surface area contributed by atoms with Gasteiger partial charge in [0.25, 0.3) is 0 Å². The molecule has 0 amide bonds. The van der Waals surface area contributed by atoms with Gasteiger partial charge in [0.05, 0.1) is 17.3 Å². The topological polar surface area (TPSA) is 41.9 Å². The molecule has 4 heteroatoms. The van der Waals surface area contributed by atoms with E-state index in [2.05, 4.69) is 17.0 Å². The van der Waals surface area contributed by atoms with Gasteiger partial charge < -0.3 is 9.64 Å². The second-order valence-corrected chi connectivity index (χ2v) is 8.41. The van der Waals surface area contributed by atoms with Gasteiger partial charge in [-0.1, -0.05) is 48.5 Å². The van der Waals surface area contributed by atoms with Crippen molar-refractivity contribution in [3.63, 3.8) is 0 Å². The van der Waals surface area contributed by atoms with E-state index in [1.807, 2.05) is 93.6 Å². The Morgan fingerprint density at radius 3 is 2.10 bits per heavy atom. The first-order valence-electron chi connectivity index (χ1n) is 10.2. The highest BCUT2D eigenvalue weighted by Gasteiger charge is 2.36. The first-order valence-corrected chi connectivity index (χ1v) is 10.2. The van der Waals surface area contributed by atoms with Crippen LogP contribution in [0.5, 0.6) is 0 Å². The largest absolute Gasteiger partial charge is 0.456 e. The van der Waals surface area contributed by atoms with Crippen LogP contribution >= 0.6 is 0 Å². The number of hydrogen-bond acceptors (Lipinski definition) is 3. The molecule has 1 saturated heterocycles. The highest BCUT2D eigenvalue weighted by molar-refractivity contribution is 6.06. The normalized spacial score (nSPS) is 17.5. The Balaban J connectivity index is 1.59. The van der Waals surface area contributed by atoms with Crippen molar-refractivity contribution >= 4 is 23.2 Å². The van der Waals surface area contributed by atoms with Crippen molar-refractivity contribution in [2.75, 3.05) is 4.90 Å². The number of benzene rings is 3. The van der Waals surface area contributed by atoms with Gasteiger partial charge in [0.15, 0.2) is 0 Å². The summed E-state index contributed by atoms with van der Waals surface area (Å²) in [4.78, 5) is 19.4. The van der Waals surface area contributed by atoms with Gasteiger partial charge in [-0.3, -0.25) is 0 Å². The lowest BCUT2D eigenvalue weighted by Gasteiger charge is -2.44. The number of esters is 1. The quantitative estimate of drug-likeness (QED) is 0.483. The van der Waals surface area contributed by atoms with E-state index < -0.39 is 5.60 Å². The molecule has 1 atom stereocenters. The monoisotopic (exact) mass is 398 g/mol. The van der Waals surface area contributed by atoms with Gasteiger partial charge in [0, 0.05) is 12.1 Å². The molecule has 0 N–H and O–H groups in total. The van der Waals surface area contributed by atoms with Crippen LogP contribution in [-0.4, -0.2) is 17.4 Å². The molecule has 0 radical (unpaired) electrons. The van der Waals surface area contributed by atoms with Gasteiger partial charge in [-0.05, 0) is 62.7 Å². The predicted octanol–water partition coefficient (Wildman–Crippen LogP) is 6.32. The third-order valence-corrected chi connectivity index (χ3v) is 4.94. The first-order chi connectivity index (χ1) is 14.4. The summed E-state index contributed by atoms with van der Waals surface area (Å²) in [7, 11) is 0. The maximum Gasteiger partial charge on any atom is 0.338 e. The fourth-order valence-electron chi connectivity index (χ4n) is 3.54. The van der Waals surface area contributed by atoms with Crippen LogP contribution in [0.25, 0.3) is 0 Å². The van der Waals surface area contributed by atoms with Crippen molar-refractivity contribution in [1.82, 2.24) is 0 Å². The van der Waals surface area contributed by atoms with Crippen molar-refractivity contribution in [3.8, 4) is 0 Å². The van der Waals surface area contributed by atoms with E-state index in [0.717, 1.165) is 29.2 Å². The van der Waals surface area contributed by atoms with Crippen molar-refractivity contribution in [2.45, 2.75) is 38.8 Å². The second-order valence-electron chi connectivity index (χ2n) is 8.41. The Hall–Kier alpha value is -3.40. The molecular weight excluding hydrogens is 372 g/mol. The number of anilines is 1. The third-order valence-electron chi connectivity index (χ3n) is 4.94. The molecule has 4 rings (SSSR count). The summed E-state index contributed by atoms with van der Waals surface area (Å²) in [5.41, 5.74) is 3.28. The average molecular weight is 399 g/mol. The maximum absolute atomic E-state index is 12.3. The summed E-state index contributed by atoms with van der Waals surface area (Å²) in [6.45, 7) is 5.62. The Morgan fingerprint density at radius 1 is 0.900 bits per heavy atom. The molecule has 30 heavy (non-hydrogen) atoms. The second kappa shape index (κ2) is 8.15. The maximum atomic E-state index is 12.3. The van der Waals surface area contributed by atoms with Crippen LogP contribution in [0, 0.1) is 0 Å². The zero-order valence-electron chi connectivity index (χ0n) is 17.6. The number of nitrogens with zero attached hydrogens (tertiary/aromatic N) is 2. The zero-order chi connectivity index (χ0) is 21.1. The van der Waals surface area contributed by atoms with E-state index >= 15 is 0 Å². The molecule has 0 aliphatic carbocycles. The molecule has 152 valence electrons. The molecule has 0 spiro atoms. The van der Waals surface area contributed by atoms with Crippen molar-refractivity contribution < 1.29 is 9.53 Å². The lowest BCUT2D eigenvalue weighted by molar-refractivity contribution is 0.00695. The minimum atomic E-state index is -0.503. The van der Waals surface area contributed by atoms with E-state index in [9.17, 15) is 4.79 Å². The predicted molar refractivity (Wildman–Crippen MR) is 121 cm³/mol. The summed E-state index contributed by atoms with van der Waals surface area (Å²) in [6.07, 6.45) is 0.843. The summed E-state index contributed by atoms with van der Waals surface area (Å²) in [6, 6.07) is 28.2. The van der Waals surface area contributed by atoms with Crippen molar-refractivity contribution in [3.05, 3.63) is 96.1 Å². The first kappa shape index (κ1) is 19.9. The molecular formula is C26H26N2O2. The molecule has 0 aromatic heterocycles. The van der Waals surface area contributed by atoms with Gasteiger partial charge in [-0.25, -0.2) is 9.79 Å². The van der Waals surface area contributed by atoms with Crippen LogP contribution in [0.3, 0.4) is 0 Å². The van der Waals surface area contributed by atoms with Gasteiger partial charge in [-0.15, -0.1) is 0 Å². The Morgan fingerprint density at radius 2 is 1.50 bits per heavy atom. The number of carbonyl (C=O) groups excluding carboxylic acids is 1. The zero-order valence-corrected chi connectivity index (χ0v) is 17.6. The van der Waals surface area contributed by atoms with Gasteiger partial charge in [-0.2, -0.15) is 0 Å². The average Bonchev–Trinajstić information content (AvgIpc) is 2.71. The molecule has 4 nitrogen and oxygen atoms in total. The number of para-hydroxylation sites is 2. The van der Waals surface area contributed by atoms with E-state index in [1.165, 1.54) is 0 Å². The van der Waals surface area contributed by atoms with Crippen LogP contribution in [0.2, 0.25) is 0 Å². The van der Waals surface area contributed by atoms with Crippen molar-refractivity contribution in [1.29, 1.82) is 0 Å². The minimum absolute atomic E-state index is 0.183. The lowest BCUT2D eigenvalue weighted by atomic mass is 9.91. The molecule has 3 aromatic rings. The molecule has 1 heterocycles. The summed E-state index contributed by atoms with van der Waals surface area (Å²) in [5, 5.41) is 0. The molecule has 0 bridgehead atoms. The summed E-state index contributed by atoms with van der Waals surface area (Å²) < 4.78 is 5.47. The number of hydrogen-bond donors (Lipinski definition) is 0. The number of rotatable bonds is 4. The van der Waals surface area contributed by atoms with E-state index in [0.29, 0.717) is 5.56 Å². The molecule has 1 aliphatic heterocycles. The fourth-order valence-corrected chi connectivity index (χ4v) is 3.54. The number of carbonyl (C=O) groups is 1. The lowest BCUT2D eigenvalue weighted by Crippen LogP contribution is -2.46. The number of aliphatic imine (C=N–C) groups is 1.